The van der Waals surface area contributed by atoms with Crippen molar-refractivity contribution in [1.82, 2.24) is 10.1 Å². The van der Waals surface area contributed by atoms with Crippen molar-refractivity contribution < 1.29 is 9.32 Å². The molecule has 0 unspecified atom stereocenters. The van der Waals surface area contributed by atoms with Gasteiger partial charge in [-0.05, 0) is 42.6 Å². The number of rotatable bonds is 3. The number of nitrogens with zero attached hydrogens (tertiary/aromatic N) is 2. The van der Waals surface area contributed by atoms with E-state index in [2.05, 4.69) is 43.3 Å². The number of likely N-dealkylation sites (tertiary alicyclic amines) is 1. The average molecular weight is 367 g/mol. The van der Waals surface area contributed by atoms with E-state index in [1.54, 1.807) is 6.07 Å². The lowest BCUT2D eigenvalue weighted by Gasteiger charge is -2.34. The van der Waals surface area contributed by atoms with Gasteiger partial charge < -0.3 is 9.42 Å². The average Bonchev–Trinajstić information content (AvgIpc) is 3.18. The van der Waals surface area contributed by atoms with Crippen LogP contribution in [0.25, 0.3) is 11.3 Å². The smallest absolute Gasteiger partial charge is 0.276 e. The molecule has 2 aliphatic rings. The van der Waals surface area contributed by atoms with Crippen LogP contribution in [0.5, 0.6) is 0 Å². The first-order valence-electron chi connectivity index (χ1n) is 10.5. The van der Waals surface area contributed by atoms with Crippen molar-refractivity contribution in [3.05, 3.63) is 41.6 Å². The Morgan fingerprint density at radius 3 is 2.37 bits per heavy atom. The first-order valence-corrected chi connectivity index (χ1v) is 10.5. The zero-order valence-electron chi connectivity index (χ0n) is 16.5. The molecule has 2 aromatic rings. The van der Waals surface area contributed by atoms with Gasteiger partial charge in [0.05, 0.1) is 0 Å². The molecule has 1 saturated carbocycles. The third kappa shape index (κ3) is 4.10. The van der Waals surface area contributed by atoms with Gasteiger partial charge in [-0.15, -0.1) is 0 Å². The van der Waals surface area contributed by atoms with Gasteiger partial charge in [0.1, 0.15) is 0 Å². The summed E-state index contributed by atoms with van der Waals surface area (Å²) in [6.45, 7) is 6.03. The molecule has 0 radical (unpaired) electrons. The van der Waals surface area contributed by atoms with E-state index < -0.39 is 0 Å². The Balaban J connectivity index is 1.46. The van der Waals surface area contributed by atoms with Crippen LogP contribution in [-0.4, -0.2) is 29.1 Å². The molecule has 2 atom stereocenters. The first kappa shape index (κ1) is 18.3. The molecule has 2 fully saturated rings. The highest BCUT2D eigenvalue weighted by atomic mass is 16.5. The summed E-state index contributed by atoms with van der Waals surface area (Å²) in [4.78, 5) is 14.7. The van der Waals surface area contributed by atoms with Crippen LogP contribution in [0.4, 0.5) is 0 Å². The maximum Gasteiger partial charge on any atom is 0.276 e. The number of carbonyl (C=O) groups excluding carboxylic acids is 1. The molecule has 1 aromatic heterocycles. The maximum absolute atomic E-state index is 12.8. The molecule has 1 aliphatic carbocycles. The van der Waals surface area contributed by atoms with Crippen LogP contribution < -0.4 is 0 Å². The maximum atomic E-state index is 12.8. The van der Waals surface area contributed by atoms with Gasteiger partial charge in [-0.3, -0.25) is 4.79 Å². The fraction of sp³-hybridized carbons (Fsp3) is 0.565. The third-order valence-electron chi connectivity index (χ3n) is 6.16. The second kappa shape index (κ2) is 7.87. The van der Waals surface area contributed by atoms with E-state index in [0.717, 1.165) is 18.7 Å². The Morgan fingerprint density at radius 1 is 1.04 bits per heavy atom. The van der Waals surface area contributed by atoms with E-state index >= 15 is 0 Å². The standard InChI is InChI=1S/C23H30N2O2/c1-16-12-17(2)15-25(14-16)23(26)21-13-22(27-24-21)20-10-8-19(9-11-20)18-6-4-3-5-7-18/h8-11,13,16-18H,3-7,12,14-15H2,1-2H3/t16-,17+. The van der Waals surface area contributed by atoms with Crippen LogP contribution >= 0.6 is 0 Å². The van der Waals surface area contributed by atoms with Gasteiger partial charge in [0.15, 0.2) is 11.5 Å². The van der Waals surface area contributed by atoms with Crippen molar-refractivity contribution in [1.29, 1.82) is 0 Å². The molecule has 0 N–H and O–H groups in total. The summed E-state index contributed by atoms with van der Waals surface area (Å²) in [6.07, 6.45) is 7.83. The first-order chi connectivity index (χ1) is 13.1. The Labute approximate surface area is 161 Å². The fourth-order valence-corrected chi connectivity index (χ4v) is 4.86. The van der Waals surface area contributed by atoms with Crippen LogP contribution in [0.2, 0.25) is 0 Å². The van der Waals surface area contributed by atoms with Crippen LogP contribution in [-0.2, 0) is 0 Å². The third-order valence-corrected chi connectivity index (χ3v) is 6.16. The minimum atomic E-state index is -0.0118. The van der Waals surface area contributed by atoms with E-state index in [0.29, 0.717) is 29.2 Å². The van der Waals surface area contributed by atoms with E-state index in [-0.39, 0.29) is 5.91 Å². The number of piperidine rings is 1. The number of aromatic nitrogens is 1. The lowest BCUT2D eigenvalue weighted by atomic mass is 9.84. The molecular weight excluding hydrogens is 336 g/mol. The van der Waals surface area contributed by atoms with E-state index in [4.69, 9.17) is 4.52 Å². The van der Waals surface area contributed by atoms with Gasteiger partial charge in [0, 0.05) is 24.7 Å². The highest BCUT2D eigenvalue weighted by Gasteiger charge is 2.28. The Hall–Kier alpha value is -2.10. The van der Waals surface area contributed by atoms with Crippen LogP contribution in [0.15, 0.2) is 34.9 Å². The summed E-state index contributed by atoms with van der Waals surface area (Å²) in [6, 6.07) is 10.4. The quantitative estimate of drug-likeness (QED) is 0.720. The fourth-order valence-electron chi connectivity index (χ4n) is 4.86. The molecule has 4 heteroatoms. The number of hydrogen-bond acceptors (Lipinski definition) is 3. The minimum Gasteiger partial charge on any atom is -0.355 e. The van der Waals surface area contributed by atoms with Gasteiger partial charge in [0.2, 0.25) is 0 Å². The summed E-state index contributed by atoms with van der Waals surface area (Å²) < 4.78 is 5.50. The predicted octanol–water partition coefficient (Wildman–Crippen LogP) is 5.51. The Morgan fingerprint density at radius 2 is 1.70 bits per heavy atom. The lowest BCUT2D eigenvalue weighted by Crippen LogP contribution is -2.42. The van der Waals surface area contributed by atoms with E-state index in [1.165, 1.54) is 44.1 Å². The topological polar surface area (TPSA) is 46.3 Å². The van der Waals surface area contributed by atoms with Gasteiger partial charge in [-0.25, -0.2) is 0 Å². The summed E-state index contributed by atoms with van der Waals surface area (Å²) in [7, 11) is 0. The zero-order valence-corrected chi connectivity index (χ0v) is 16.5. The molecule has 4 rings (SSSR count). The van der Waals surface area contributed by atoms with Crippen molar-refractivity contribution in [3.63, 3.8) is 0 Å². The monoisotopic (exact) mass is 366 g/mol. The summed E-state index contributed by atoms with van der Waals surface area (Å²) in [5.74, 6) is 2.43. The van der Waals surface area contributed by atoms with E-state index in [9.17, 15) is 4.79 Å². The van der Waals surface area contributed by atoms with Crippen molar-refractivity contribution in [2.24, 2.45) is 11.8 Å². The largest absolute Gasteiger partial charge is 0.355 e. The van der Waals surface area contributed by atoms with Gasteiger partial charge >= 0.3 is 0 Å². The highest BCUT2D eigenvalue weighted by molar-refractivity contribution is 5.93. The molecule has 1 aliphatic heterocycles. The second-order valence-electron chi connectivity index (χ2n) is 8.69. The van der Waals surface area contributed by atoms with E-state index in [1.807, 2.05) is 4.90 Å². The molecular formula is C23H30N2O2. The summed E-state index contributed by atoms with van der Waals surface area (Å²) in [5.41, 5.74) is 2.83. The molecule has 144 valence electrons. The SMILES string of the molecule is C[C@@H]1C[C@H](C)CN(C(=O)c2cc(-c3ccc(C4CCCCC4)cc3)on2)C1. The van der Waals surface area contributed by atoms with Crippen molar-refractivity contribution in [3.8, 4) is 11.3 Å². The molecule has 1 amide bonds. The molecule has 27 heavy (non-hydrogen) atoms. The van der Waals surface area contributed by atoms with Crippen LogP contribution in [0, 0.1) is 11.8 Å². The van der Waals surface area contributed by atoms with Gasteiger partial charge in [-0.2, -0.15) is 0 Å². The highest BCUT2D eigenvalue weighted by Crippen LogP contribution is 2.33. The summed E-state index contributed by atoms with van der Waals surface area (Å²) >= 11 is 0. The Bertz CT molecular complexity index is 764. The number of benzene rings is 1. The Kier molecular flexibility index (Phi) is 5.33. The lowest BCUT2D eigenvalue weighted by molar-refractivity contribution is 0.0613. The number of amides is 1. The zero-order chi connectivity index (χ0) is 18.8. The normalized spacial score (nSPS) is 24.1. The second-order valence-corrected chi connectivity index (χ2v) is 8.69. The predicted molar refractivity (Wildman–Crippen MR) is 107 cm³/mol. The molecule has 0 spiro atoms. The van der Waals surface area contributed by atoms with Crippen molar-refractivity contribution in [2.45, 2.75) is 58.3 Å². The molecule has 1 saturated heterocycles. The molecule has 2 heterocycles. The van der Waals surface area contributed by atoms with Crippen LogP contribution in [0.3, 0.4) is 0 Å². The van der Waals surface area contributed by atoms with Gasteiger partial charge in [-0.1, -0.05) is 62.5 Å². The number of hydrogen-bond donors (Lipinski definition) is 0. The van der Waals surface area contributed by atoms with Gasteiger partial charge in [0.25, 0.3) is 5.91 Å². The van der Waals surface area contributed by atoms with Crippen molar-refractivity contribution in [2.75, 3.05) is 13.1 Å². The summed E-state index contributed by atoms with van der Waals surface area (Å²) in [5, 5.41) is 4.06. The van der Waals surface area contributed by atoms with Crippen LogP contribution in [0.1, 0.15) is 74.3 Å². The number of carbonyl (C=O) groups is 1. The minimum absolute atomic E-state index is 0.0118. The molecule has 1 aromatic carbocycles. The molecule has 4 nitrogen and oxygen atoms in total. The van der Waals surface area contributed by atoms with Crippen molar-refractivity contribution >= 4 is 5.91 Å². The molecule has 0 bridgehead atoms.